The Balaban J connectivity index is 1.88. The Hall–Kier alpha value is -1.49. The zero-order chi connectivity index (χ0) is 15.2. The van der Waals surface area contributed by atoms with Gasteiger partial charge in [-0.15, -0.1) is 0 Å². The van der Waals surface area contributed by atoms with E-state index in [1.807, 2.05) is 18.2 Å². The molecule has 0 bridgehead atoms. The maximum absolute atomic E-state index is 6.00. The Morgan fingerprint density at radius 3 is 2.29 bits per heavy atom. The molecule has 0 spiro atoms. The Morgan fingerprint density at radius 2 is 1.62 bits per heavy atom. The predicted octanol–water partition coefficient (Wildman–Crippen LogP) is 4.09. The molecule has 0 heterocycles. The average Bonchev–Trinajstić information content (AvgIpc) is 2.46. The predicted molar refractivity (Wildman–Crippen MR) is 89.8 cm³/mol. The van der Waals surface area contributed by atoms with Gasteiger partial charge in [-0.1, -0.05) is 53.6 Å². The summed E-state index contributed by atoms with van der Waals surface area (Å²) in [5, 5.41) is 0.941. The molecule has 0 saturated heterocycles. The monoisotopic (exact) mass is 341 g/mol. The highest BCUT2D eigenvalue weighted by Gasteiger charge is 2.06. The van der Waals surface area contributed by atoms with Crippen LogP contribution in [0.5, 0.6) is 11.5 Å². The molecule has 0 aliphatic rings. The molecule has 0 saturated carbocycles. The van der Waals surface area contributed by atoms with Gasteiger partial charge in [-0.25, -0.2) is 0 Å². The summed E-state index contributed by atoms with van der Waals surface area (Å²) in [5.41, 5.74) is 6.33. The van der Waals surface area contributed by atoms with Gasteiger partial charge in [0.1, 0.15) is 24.0 Å². The average molecular weight is 342 g/mol. The van der Waals surface area contributed by atoms with Crippen molar-refractivity contribution >= 4 is 40.4 Å². The van der Waals surface area contributed by atoms with Crippen molar-refractivity contribution < 1.29 is 9.47 Å². The molecule has 21 heavy (non-hydrogen) atoms. The summed E-state index contributed by atoms with van der Waals surface area (Å²) in [6.45, 7) is 0.670. The third kappa shape index (κ3) is 4.49. The number of nitrogens with two attached hydrogens (primary N) is 1. The molecule has 0 radical (unpaired) electrons. The number of hydrogen-bond donors (Lipinski definition) is 1. The first-order valence-electron chi connectivity index (χ1n) is 6.17. The summed E-state index contributed by atoms with van der Waals surface area (Å²) in [6.07, 6.45) is 0. The molecule has 0 aliphatic heterocycles. The van der Waals surface area contributed by atoms with Crippen molar-refractivity contribution in [3.05, 3.63) is 58.1 Å². The van der Waals surface area contributed by atoms with Crippen molar-refractivity contribution in [3.8, 4) is 11.5 Å². The maximum atomic E-state index is 6.00. The first-order valence-corrected chi connectivity index (χ1v) is 7.34. The number of ether oxygens (including phenoxy) is 2. The van der Waals surface area contributed by atoms with Crippen LogP contribution in [0.25, 0.3) is 0 Å². The van der Waals surface area contributed by atoms with Gasteiger partial charge < -0.3 is 15.2 Å². The lowest BCUT2D eigenvalue weighted by Crippen LogP contribution is -2.11. The van der Waals surface area contributed by atoms with E-state index in [-0.39, 0.29) is 0 Å². The van der Waals surface area contributed by atoms with Crippen LogP contribution in [-0.4, -0.2) is 18.2 Å². The molecule has 0 unspecified atom stereocenters. The highest BCUT2D eigenvalue weighted by Crippen LogP contribution is 2.32. The van der Waals surface area contributed by atoms with Gasteiger partial charge in [0, 0.05) is 5.56 Å². The topological polar surface area (TPSA) is 44.5 Å². The fourth-order valence-corrected chi connectivity index (χ4v) is 2.30. The van der Waals surface area contributed by atoms with Crippen LogP contribution >= 0.6 is 35.4 Å². The van der Waals surface area contributed by atoms with E-state index in [9.17, 15) is 0 Å². The number of halogens is 2. The second-order valence-corrected chi connectivity index (χ2v) is 5.39. The van der Waals surface area contributed by atoms with E-state index in [2.05, 4.69) is 0 Å². The lowest BCUT2D eigenvalue weighted by molar-refractivity contribution is 0.217. The smallest absolute Gasteiger partial charge is 0.156 e. The number of hydrogen-bond acceptors (Lipinski definition) is 3. The molecule has 0 aliphatic carbocycles. The third-order valence-corrected chi connectivity index (χ3v) is 3.47. The lowest BCUT2D eigenvalue weighted by atomic mass is 10.2. The van der Waals surface area contributed by atoms with Gasteiger partial charge in [0.05, 0.1) is 10.0 Å². The van der Waals surface area contributed by atoms with Crippen molar-refractivity contribution in [2.24, 2.45) is 5.73 Å². The minimum Gasteiger partial charge on any atom is -0.490 e. The molecule has 2 N–H and O–H groups in total. The van der Waals surface area contributed by atoms with Crippen molar-refractivity contribution in [2.75, 3.05) is 13.2 Å². The van der Waals surface area contributed by atoms with Gasteiger partial charge in [0.15, 0.2) is 5.75 Å². The van der Waals surface area contributed by atoms with Crippen molar-refractivity contribution in [1.29, 1.82) is 0 Å². The van der Waals surface area contributed by atoms with Crippen LogP contribution in [-0.2, 0) is 0 Å². The van der Waals surface area contributed by atoms with E-state index < -0.39 is 0 Å². The minimum atomic E-state index is 0.320. The Kier molecular flexibility index (Phi) is 5.67. The van der Waals surface area contributed by atoms with E-state index in [1.165, 1.54) is 0 Å². The van der Waals surface area contributed by atoms with Crippen LogP contribution in [0.4, 0.5) is 0 Å². The normalized spacial score (nSPS) is 10.2. The van der Waals surface area contributed by atoms with Gasteiger partial charge in [0.2, 0.25) is 0 Å². The molecule has 0 fully saturated rings. The van der Waals surface area contributed by atoms with Crippen LogP contribution in [0.3, 0.4) is 0 Å². The van der Waals surface area contributed by atoms with E-state index in [4.69, 9.17) is 50.6 Å². The van der Waals surface area contributed by atoms with E-state index in [1.54, 1.807) is 24.3 Å². The second-order valence-electron chi connectivity index (χ2n) is 4.14. The third-order valence-electron chi connectivity index (χ3n) is 2.64. The second kappa shape index (κ2) is 7.50. The summed E-state index contributed by atoms with van der Waals surface area (Å²) < 4.78 is 11.1. The minimum absolute atomic E-state index is 0.320. The van der Waals surface area contributed by atoms with E-state index in [0.717, 1.165) is 5.56 Å². The van der Waals surface area contributed by atoms with Gasteiger partial charge >= 0.3 is 0 Å². The Labute approximate surface area is 138 Å². The number of thiocarbonyl (C=S) groups is 1. The number of para-hydroxylation sites is 1. The number of benzene rings is 2. The SMILES string of the molecule is NC(=S)c1cccc(OCCOc2c(Cl)cccc2Cl)c1. The van der Waals surface area contributed by atoms with Gasteiger partial charge in [-0.2, -0.15) is 0 Å². The molecular weight excluding hydrogens is 329 g/mol. The Bertz CT molecular complexity index is 629. The van der Waals surface area contributed by atoms with Crippen LogP contribution in [0, 0.1) is 0 Å². The number of rotatable bonds is 6. The van der Waals surface area contributed by atoms with Crippen LogP contribution in [0.1, 0.15) is 5.56 Å². The summed E-state index contributed by atoms with van der Waals surface area (Å²) in [6, 6.07) is 12.5. The Morgan fingerprint density at radius 1 is 1.00 bits per heavy atom. The van der Waals surface area contributed by atoms with Crippen LogP contribution in [0.2, 0.25) is 10.0 Å². The molecule has 0 amide bonds. The van der Waals surface area contributed by atoms with Crippen LogP contribution < -0.4 is 15.2 Å². The molecule has 0 aromatic heterocycles. The fraction of sp³-hybridized carbons (Fsp3) is 0.133. The molecule has 110 valence electrons. The van der Waals surface area contributed by atoms with Crippen LogP contribution in [0.15, 0.2) is 42.5 Å². The molecule has 2 aromatic rings. The fourth-order valence-electron chi connectivity index (χ4n) is 1.66. The summed E-state index contributed by atoms with van der Waals surface area (Å²) >= 11 is 16.9. The maximum Gasteiger partial charge on any atom is 0.156 e. The molecule has 3 nitrogen and oxygen atoms in total. The van der Waals surface area contributed by atoms with Crippen molar-refractivity contribution in [2.45, 2.75) is 0 Å². The van der Waals surface area contributed by atoms with Gasteiger partial charge in [0.25, 0.3) is 0 Å². The first-order chi connectivity index (χ1) is 10.1. The molecule has 2 aromatic carbocycles. The molecular formula is C15H13Cl2NO2S. The zero-order valence-electron chi connectivity index (χ0n) is 11.0. The summed E-state index contributed by atoms with van der Waals surface area (Å²) in [4.78, 5) is 0.333. The summed E-state index contributed by atoms with van der Waals surface area (Å²) in [7, 11) is 0. The molecule has 6 heteroatoms. The first kappa shape index (κ1) is 15.9. The summed E-state index contributed by atoms with van der Waals surface area (Å²) in [5.74, 6) is 1.13. The molecule has 0 atom stereocenters. The van der Waals surface area contributed by atoms with E-state index >= 15 is 0 Å². The highest BCUT2D eigenvalue weighted by molar-refractivity contribution is 7.80. The molecule has 2 rings (SSSR count). The van der Waals surface area contributed by atoms with Gasteiger partial charge in [-0.05, 0) is 24.3 Å². The standard InChI is InChI=1S/C15H13Cl2NO2S/c16-12-5-2-6-13(17)14(12)20-8-7-19-11-4-1-3-10(9-11)15(18)21/h1-6,9H,7-8H2,(H2,18,21). The quantitative estimate of drug-likeness (QED) is 0.634. The zero-order valence-corrected chi connectivity index (χ0v) is 13.3. The lowest BCUT2D eigenvalue weighted by Gasteiger charge is -2.11. The van der Waals surface area contributed by atoms with Crippen molar-refractivity contribution in [3.63, 3.8) is 0 Å². The van der Waals surface area contributed by atoms with E-state index in [0.29, 0.717) is 39.7 Å². The highest BCUT2D eigenvalue weighted by atomic mass is 35.5. The van der Waals surface area contributed by atoms with Gasteiger partial charge in [-0.3, -0.25) is 0 Å². The van der Waals surface area contributed by atoms with Crippen molar-refractivity contribution in [1.82, 2.24) is 0 Å². The largest absolute Gasteiger partial charge is 0.490 e.